The summed E-state index contributed by atoms with van der Waals surface area (Å²) in [5.74, 6) is 0. The third kappa shape index (κ3) is 2.00. The second-order valence-electron chi connectivity index (χ2n) is 2.98. The molecule has 0 saturated heterocycles. The van der Waals surface area contributed by atoms with Gasteiger partial charge in [-0.25, -0.2) is 0 Å². The maximum absolute atomic E-state index is 4.15. The van der Waals surface area contributed by atoms with Gasteiger partial charge in [-0.3, -0.25) is 0 Å². The molecule has 0 saturated carbocycles. The van der Waals surface area contributed by atoms with Crippen LogP contribution in [0.15, 0.2) is 11.4 Å². The molecule has 0 atom stereocenters. The minimum atomic E-state index is 0.792. The Hall–Kier alpha value is -0.780. The average molecular weight is 225 g/mol. The van der Waals surface area contributed by atoms with E-state index in [0.717, 1.165) is 16.6 Å². The minimum Gasteiger partial charge on any atom is -0.313 e. The monoisotopic (exact) mass is 225 g/mol. The molecule has 2 aromatic rings. The Labute approximate surface area is 90.8 Å². The van der Waals surface area contributed by atoms with E-state index in [-0.39, 0.29) is 0 Å². The Morgan fingerprint density at radius 3 is 2.93 bits per heavy atom. The highest BCUT2D eigenvalue weighted by atomic mass is 32.1. The molecule has 3 nitrogen and oxygen atoms in total. The third-order valence-corrected chi connectivity index (χ3v) is 3.61. The summed E-state index contributed by atoms with van der Waals surface area (Å²) in [5.41, 5.74) is 1.19. The van der Waals surface area contributed by atoms with Crippen LogP contribution in [-0.4, -0.2) is 17.2 Å². The molecule has 0 aliphatic carbocycles. The first-order chi connectivity index (χ1) is 6.79. The Morgan fingerprint density at radius 1 is 1.43 bits per heavy atom. The van der Waals surface area contributed by atoms with Crippen molar-refractivity contribution >= 4 is 22.7 Å². The van der Waals surface area contributed by atoms with E-state index < -0.39 is 0 Å². The molecule has 74 valence electrons. The molecule has 0 fully saturated rings. The zero-order valence-electron chi connectivity index (χ0n) is 8.07. The van der Waals surface area contributed by atoms with E-state index in [1.165, 1.54) is 10.4 Å². The van der Waals surface area contributed by atoms with Gasteiger partial charge in [0.25, 0.3) is 0 Å². The summed E-state index contributed by atoms with van der Waals surface area (Å²) in [4.78, 5) is 1.31. The number of hydrogen-bond donors (Lipinski definition) is 1. The van der Waals surface area contributed by atoms with Gasteiger partial charge in [-0.15, -0.1) is 21.5 Å². The summed E-state index contributed by atoms with van der Waals surface area (Å²) in [5, 5.41) is 15.5. The highest BCUT2D eigenvalue weighted by Crippen LogP contribution is 2.27. The SMILES string of the molecule is CNCc1nnc(-c2csc(C)c2)s1. The molecule has 14 heavy (non-hydrogen) atoms. The summed E-state index contributed by atoms with van der Waals surface area (Å²) in [6.45, 7) is 2.89. The van der Waals surface area contributed by atoms with E-state index in [4.69, 9.17) is 0 Å². The van der Waals surface area contributed by atoms with Crippen molar-refractivity contribution in [1.82, 2.24) is 15.5 Å². The van der Waals surface area contributed by atoms with Gasteiger partial charge in [-0.05, 0) is 20.0 Å². The molecule has 0 aliphatic heterocycles. The van der Waals surface area contributed by atoms with Crippen molar-refractivity contribution in [2.45, 2.75) is 13.5 Å². The van der Waals surface area contributed by atoms with Crippen molar-refractivity contribution in [3.05, 3.63) is 21.3 Å². The molecular weight excluding hydrogens is 214 g/mol. The van der Waals surface area contributed by atoms with Gasteiger partial charge >= 0.3 is 0 Å². The molecular formula is C9H11N3S2. The molecule has 1 N–H and O–H groups in total. The van der Waals surface area contributed by atoms with Crippen molar-refractivity contribution in [2.24, 2.45) is 0 Å². The van der Waals surface area contributed by atoms with E-state index in [9.17, 15) is 0 Å². The Bertz CT molecular complexity index is 419. The van der Waals surface area contributed by atoms with Crippen LogP contribution in [0.1, 0.15) is 9.88 Å². The normalized spacial score (nSPS) is 10.7. The quantitative estimate of drug-likeness (QED) is 0.871. The largest absolute Gasteiger partial charge is 0.313 e. The van der Waals surface area contributed by atoms with E-state index in [1.54, 1.807) is 22.7 Å². The maximum atomic E-state index is 4.15. The number of nitrogens with one attached hydrogen (secondary N) is 1. The fraction of sp³-hybridized carbons (Fsp3) is 0.333. The highest BCUT2D eigenvalue weighted by Gasteiger charge is 2.06. The molecule has 2 rings (SSSR count). The summed E-state index contributed by atoms with van der Waals surface area (Å²) in [6.07, 6.45) is 0. The van der Waals surface area contributed by atoms with Crippen LogP contribution in [0.5, 0.6) is 0 Å². The van der Waals surface area contributed by atoms with Gasteiger partial charge in [0.15, 0.2) is 0 Å². The van der Waals surface area contributed by atoms with Crippen LogP contribution in [0.2, 0.25) is 0 Å². The van der Waals surface area contributed by atoms with Crippen molar-refractivity contribution in [3.63, 3.8) is 0 Å². The maximum Gasteiger partial charge on any atom is 0.148 e. The average Bonchev–Trinajstić information content (AvgIpc) is 2.74. The molecule has 0 aliphatic rings. The predicted octanol–water partition coefficient (Wildman–Crippen LogP) is 2.29. The Kier molecular flexibility index (Phi) is 2.90. The topological polar surface area (TPSA) is 37.8 Å². The van der Waals surface area contributed by atoms with Gasteiger partial charge in [0, 0.05) is 22.4 Å². The Morgan fingerprint density at radius 2 is 2.29 bits per heavy atom. The second kappa shape index (κ2) is 4.16. The van der Waals surface area contributed by atoms with Crippen LogP contribution in [0.25, 0.3) is 10.6 Å². The lowest BCUT2D eigenvalue weighted by Crippen LogP contribution is -2.04. The fourth-order valence-electron chi connectivity index (χ4n) is 1.15. The molecule has 2 heterocycles. The first kappa shape index (κ1) is 9.76. The lowest BCUT2D eigenvalue weighted by atomic mass is 10.3. The number of nitrogens with zero attached hydrogens (tertiary/aromatic N) is 2. The lowest BCUT2D eigenvalue weighted by Gasteiger charge is -1.88. The summed E-state index contributed by atoms with van der Waals surface area (Å²) in [7, 11) is 1.91. The summed E-state index contributed by atoms with van der Waals surface area (Å²) >= 11 is 3.39. The number of rotatable bonds is 3. The second-order valence-corrected chi connectivity index (χ2v) is 5.15. The summed E-state index contributed by atoms with van der Waals surface area (Å²) < 4.78 is 0. The molecule has 5 heteroatoms. The zero-order valence-corrected chi connectivity index (χ0v) is 9.71. The zero-order chi connectivity index (χ0) is 9.97. The standard InChI is InChI=1S/C9H11N3S2/c1-6-3-7(5-13-6)9-12-11-8(14-9)4-10-2/h3,5,10H,4H2,1-2H3. The van der Waals surface area contributed by atoms with Crippen molar-refractivity contribution in [2.75, 3.05) is 7.05 Å². The van der Waals surface area contributed by atoms with Gasteiger partial charge in [-0.1, -0.05) is 11.3 Å². The van der Waals surface area contributed by atoms with Crippen LogP contribution in [0, 0.1) is 6.92 Å². The predicted molar refractivity (Wildman–Crippen MR) is 60.7 cm³/mol. The van der Waals surface area contributed by atoms with E-state index in [2.05, 4.69) is 33.9 Å². The fourth-order valence-corrected chi connectivity index (χ4v) is 2.75. The number of aryl methyl sites for hydroxylation is 1. The molecule has 0 bridgehead atoms. The molecule has 2 aromatic heterocycles. The smallest absolute Gasteiger partial charge is 0.148 e. The van der Waals surface area contributed by atoms with Crippen molar-refractivity contribution in [3.8, 4) is 10.6 Å². The molecule has 0 aromatic carbocycles. The number of thiophene rings is 1. The first-order valence-corrected chi connectivity index (χ1v) is 6.01. The van der Waals surface area contributed by atoms with Crippen molar-refractivity contribution in [1.29, 1.82) is 0 Å². The van der Waals surface area contributed by atoms with Crippen LogP contribution in [-0.2, 0) is 6.54 Å². The molecule has 0 spiro atoms. The van der Waals surface area contributed by atoms with Crippen LogP contribution in [0.4, 0.5) is 0 Å². The highest BCUT2D eigenvalue weighted by molar-refractivity contribution is 7.15. The van der Waals surface area contributed by atoms with Crippen LogP contribution >= 0.6 is 22.7 Å². The lowest BCUT2D eigenvalue weighted by molar-refractivity contribution is 0.795. The van der Waals surface area contributed by atoms with Gasteiger partial charge in [0.1, 0.15) is 10.0 Å². The first-order valence-electron chi connectivity index (χ1n) is 4.32. The Balaban J connectivity index is 2.24. The number of aromatic nitrogens is 2. The van der Waals surface area contributed by atoms with Crippen LogP contribution < -0.4 is 5.32 Å². The van der Waals surface area contributed by atoms with Crippen molar-refractivity contribution < 1.29 is 0 Å². The minimum absolute atomic E-state index is 0.792. The summed E-state index contributed by atoms with van der Waals surface area (Å²) in [6, 6.07) is 2.15. The molecule has 0 amide bonds. The number of hydrogen-bond acceptors (Lipinski definition) is 5. The van der Waals surface area contributed by atoms with E-state index in [1.807, 2.05) is 7.05 Å². The van der Waals surface area contributed by atoms with Gasteiger partial charge < -0.3 is 5.32 Å². The van der Waals surface area contributed by atoms with E-state index >= 15 is 0 Å². The van der Waals surface area contributed by atoms with Gasteiger partial charge in [-0.2, -0.15) is 0 Å². The molecule has 0 radical (unpaired) electrons. The third-order valence-electron chi connectivity index (χ3n) is 1.77. The van der Waals surface area contributed by atoms with Gasteiger partial charge in [0.2, 0.25) is 0 Å². The van der Waals surface area contributed by atoms with E-state index in [0.29, 0.717) is 0 Å². The molecule has 0 unspecified atom stereocenters. The van der Waals surface area contributed by atoms with Crippen LogP contribution in [0.3, 0.4) is 0 Å². The van der Waals surface area contributed by atoms with Gasteiger partial charge in [0.05, 0.1) is 0 Å².